The van der Waals surface area contributed by atoms with Crippen LogP contribution in [0.15, 0.2) is 45.5 Å². The second kappa shape index (κ2) is 3.23. The molecule has 2 aliphatic carbocycles. The van der Waals surface area contributed by atoms with Crippen LogP contribution < -0.4 is 0 Å². The fourth-order valence-corrected chi connectivity index (χ4v) is 1.78. The van der Waals surface area contributed by atoms with E-state index in [1.165, 1.54) is 24.3 Å². The number of rotatable bonds is 0. The molecule has 0 aromatic heterocycles. The summed E-state index contributed by atoms with van der Waals surface area (Å²) >= 11 is 11.6. The maximum atomic E-state index is 11.2. The molecule has 0 bridgehead atoms. The van der Waals surface area contributed by atoms with Gasteiger partial charge < -0.3 is 0 Å². The van der Waals surface area contributed by atoms with Gasteiger partial charge in [-0.3, -0.25) is 9.59 Å². The van der Waals surface area contributed by atoms with Crippen molar-refractivity contribution in [2.75, 3.05) is 0 Å². The second-order valence-electron chi connectivity index (χ2n) is 2.88. The van der Waals surface area contributed by atoms with E-state index in [1.54, 1.807) is 0 Å². The Morgan fingerprint density at radius 1 is 1.00 bits per heavy atom. The summed E-state index contributed by atoms with van der Waals surface area (Å²) < 4.78 is 0. The van der Waals surface area contributed by atoms with Gasteiger partial charge in [0.05, 0.1) is 10.1 Å². The number of ketones is 2. The highest BCUT2D eigenvalue weighted by molar-refractivity contribution is 6.48. The lowest BCUT2D eigenvalue weighted by atomic mass is 9.93. The maximum Gasteiger partial charge on any atom is 0.199 e. The van der Waals surface area contributed by atoms with Crippen molar-refractivity contribution < 1.29 is 9.59 Å². The van der Waals surface area contributed by atoms with Crippen LogP contribution in [-0.2, 0) is 9.59 Å². The molecule has 2 aliphatic rings. The van der Waals surface area contributed by atoms with Crippen LogP contribution in [0.4, 0.5) is 0 Å². The molecule has 0 aromatic rings. The second-order valence-corrected chi connectivity index (χ2v) is 3.66. The van der Waals surface area contributed by atoms with Gasteiger partial charge in [-0.2, -0.15) is 0 Å². The van der Waals surface area contributed by atoms with E-state index >= 15 is 0 Å². The lowest BCUT2D eigenvalue weighted by Gasteiger charge is -2.16. The molecule has 0 fully saturated rings. The topological polar surface area (TPSA) is 34.1 Å². The zero-order chi connectivity index (χ0) is 10.3. The summed E-state index contributed by atoms with van der Waals surface area (Å²) in [6.45, 7) is 0. The van der Waals surface area contributed by atoms with E-state index in [2.05, 4.69) is 0 Å². The Labute approximate surface area is 90.2 Å². The molecule has 0 aliphatic heterocycles. The van der Waals surface area contributed by atoms with Crippen LogP contribution in [0.1, 0.15) is 0 Å². The molecule has 2 rings (SSSR count). The molecular formula is C10H4Cl2O2. The predicted octanol–water partition coefficient (Wildman–Crippen LogP) is 2.25. The highest BCUT2D eigenvalue weighted by Crippen LogP contribution is 2.34. The van der Waals surface area contributed by atoms with Crippen LogP contribution in [0.5, 0.6) is 0 Å². The molecule has 0 saturated heterocycles. The van der Waals surface area contributed by atoms with Crippen molar-refractivity contribution in [3.05, 3.63) is 45.5 Å². The molecule has 0 spiro atoms. The molecule has 0 N–H and O–H groups in total. The highest BCUT2D eigenvalue weighted by Gasteiger charge is 2.24. The zero-order valence-electron chi connectivity index (χ0n) is 6.88. The Hall–Kier alpha value is -1.12. The third-order valence-corrected chi connectivity index (χ3v) is 2.66. The van der Waals surface area contributed by atoms with Crippen LogP contribution >= 0.6 is 23.2 Å². The first-order chi connectivity index (χ1) is 6.59. The van der Waals surface area contributed by atoms with Crippen LogP contribution in [0.2, 0.25) is 0 Å². The predicted molar refractivity (Wildman–Crippen MR) is 54.1 cm³/mol. The van der Waals surface area contributed by atoms with Gasteiger partial charge in [-0.05, 0) is 18.2 Å². The average molecular weight is 227 g/mol. The van der Waals surface area contributed by atoms with Crippen LogP contribution in [-0.4, -0.2) is 11.6 Å². The van der Waals surface area contributed by atoms with Gasteiger partial charge in [0.25, 0.3) is 0 Å². The van der Waals surface area contributed by atoms with E-state index in [0.29, 0.717) is 11.1 Å². The molecule has 0 heterocycles. The van der Waals surface area contributed by atoms with Crippen molar-refractivity contribution in [2.45, 2.75) is 0 Å². The molecule has 70 valence electrons. The first-order valence-corrected chi connectivity index (χ1v) is 4.61. The average Bonchev–Trinajstić information content (AvgIpc) is 2.14. The van der Waals surface area contributed by atoms with Crippen molar-refractivity contribution in [1.29, 1.82) is 0 Å². The van der Waals surface area contributed by atoms with Crippen molar-refractivity contribution in [2.24, 2.45) is 0 Å². The summed E-state index contributed by atoms with van der Waals surface area (Å²) in [5.74, 6) is -0.489. The molecule has 0 unspecified atom stereocenters. The fraction of sp³-hybridized carbons (Fsp3) is 0. The lowest BCUT2D eigenvalue weighted by molar-refractivity contribution is -0.111. The smallest absolute Gasteiger partial charge is 0.199 e. The van der Waals surface area contributed by atoms with Crippen molar-refractivity contribution in [3.8, 4) is 0 Å². The van der Waals surface area contributed by atoms with Gasteiger partial charge in [-0.15, -0.1) is 0 Å². The van der Waals surface area contributed by atoms with E-state index in [-0.39, 0.29) is 21.6 Å². The van der Waals surface area contributed by atoms with Gasteiger partial charge in [-0.1, -0.05) is 23.2 Å². The molecule has 0 atom stereocenters. The summed E-state index contributed by atoms with van der Waals surface area (Å²) in [5, 5.41) is 0.358. The number of hydrogen-bond donors (Lipinski definition) is 0. The van der Waals surface area contributed by atoms with Crippen LogP contribution in [0.3, 0.4) is 0 Å². The van der Waals surface area contributed by atoms with Gasteiger partial charge >= 0.3 is 0 Å². The summed E-state index contributed by atoms with van der Waals surface area (Å²) in [7, 11) is 0. The number of carbonyl (C=O) groups excluding carboxylic acids is 2. The molecule has 0 radical (unpaired) electrons. The fourth-order valence-electron chi connectivity index (χ4n) is 1.30. The third-order valence-electron chi connectivity index (χ3n) is 1.96. The first kappa shape index (κ1) is 9.44. The number of fused-ring (bicyclic) bond motifs is 1. The normalized spacial score (nSPS) is 20.7. The molecule has 0 aromatic carbocycles. The van der Waals surface area contributed by atoms with E-state index in [0.717, 1.165) is 0 Å². The maximum absolute atomic E-state index is 11.2. The first-order valence-electron chi connectivity index (χ1n) is 3.85. The Morgan fingerprint density at radius 3 is 2.43 bits per heavy atom. The number of carbonyl (C=O) groups is 2. The summed E-state index contributed by atoms with van der Waals surface area (Å²) in [6, 6.07) is 0. The quantitative estimate of drug-likeness (QED) is 0.635. The van der Waals surface area contributed by atoms with Crippen molar-refractivity contribution in [1.82, 2.24) is 0 Å². The van der Waals surface area contributed by atoms with E-state index in [4.69, 9.17) is 23.2 Å². The monoisotopic (exact) mass is 226 g/mol. The highest BCUT2D eigenvalue weighted by atomic mass is 35.5. The van der Waals surface area contributed by atoms with Gasteiger partial charge in [0.15, 0.2) is 11.6 Å². The molecular weight excluding hydrogens is 223 g/mol. The Balaban J connectivity index is 2.63. The summed E-state index contributed by atoms with van der Waals surface area (Å²) in [6.07, 6.45) is 5.44. The SMILES string of the molecule is O=C1C=CC2=C(Cl)C(=O)C=C(Cl)C2=C1. The van der Waals surface area contributed by atoms with E-state index in [1.807, 2.05) is 0 Å². The number of allylic oxidation sites excluding steroid dienone is 8. The molecule has 0 saturated carbocycles. The summed E-state index contributed by atoms with van der Waals surface area (Å²) in [5.41, 5.74) is 1.03. The number of hydrogen-bond acceptors (Lipinski definition) is 2. The van der Waals surface area contributed by atoms with Crippen LogP contribution in [0, 0.1) is 0 Å². The Bertz CT molecular complexity index is 465. The van der Waals surface area contributed by atoms with Crippen molar-refractivity contribution >= 4 is 34.8 Å². The molecule has 4 heteroatoms. The minimum atomic E-state index is -0.331. The van der Waals surface area contributed by atoms with Gasteiger partial charge in [0.2, 0.25) is 0 Å². The Morgan fingerprint density at radius 2 is 1.71 bits per heavy atom. The minimum absolute atomic E-state index is 0.101. The largest absolute Gasteiger partial charge is 0.290 e. The zero-order valence-corrected chi connectivity index (χ0v) is 8.39. The molecule has 14 heavy (non-hydrogen) atoms. The van der Waals surface area contributed by atoms with Gasteiger partial charge in [0.1, 0.15) is 0 Å². The lowest BCUT2D eigenvalue weighted by Crippen LogP contribution is -2.10. The third kappa shape index (κ3) is 1.37. The van der Waals surface area contributed by atoms with Crippen LogP contribution in [0.25, 0.3) is 0 Å². The summed E-state index contributed by atoms with van der Waals surface area (Å²) in [4.78, 5) is 22.3. The van der Waals surface area contributed by atoms with Crippen molar-refractivity contribution in [3.63, 3.8) is 0 Å². The van der Waals surface area contributed by atoms with Gasteiger partial charge in [-0.25, -0.2) is 0 Å². The standard InChI is InChI=1S/C10H4Cl2O2/c11-8-4-9(14)10(12)6-2-1-5(13)3-7(6)8/h1-4H. The Kier molecular flexibility index (Phi) is 2.17. The molecule has 0 amide bonds. The minimum Gasteiger partial charge on any atom is -0.290 e. The molecule has 2 nitrogen and oxygen atoms in total. The van der Waals surface area contributed by atoms with Gasteiger partial charge in [0, 0.05) is 17.2 Å². The number of halogens is 2. The van der Waals surface area contributed by atoms with E-state index < -0.39 is 0 Å². The van der Waals surface area contributed by atoms with E-state index in [9.17, 15) is 9.59 Å².